The maximum atomic E-state index is 5.16. The fourth-order valence-corrected chi connectivity index (χ4v) is 3.35. The predicted molar refractivity (Wildman–Crippen MR) is 75.0 cm³/mol. The molecule has 3 heteroatoms. The van der Waals surface area contributed by atoms with Crippen LogP contribution in [0.2, 0.25) is 0 Å². The summed E-state index contributed by atoms with van der Waals surface area (Å²) in [5.41, 5.74) is 1.40. The van der Waals surface area contributed by atoms with Gasteiger partial charge in [0.15, 0.2) is 0 Å². The van der Waals surface area contributed by atoms with Gasteiger partial charge in [-0.05, 0) is 49.3 Å². The molecule has 1 aliphatic heterocycles. The molecule has 1 N–H and O–H groups in total. The maximum absolute atomic E-state index is 5.16. The number of thioether (sulfide) groups is 1. The van der Waals surface area contributed by atoms with E-state index in [0.29, 0.717) is 0 Å². The van der Waals surface area contributed by atoms with E-state index >= 15 is 0 Å². The second-order valence-corrected chi connectivity index (χ2v) is 5.85. The first-order valence-electron chi connectivity index (χ1n) is 6.34. The van der Waals surface area contributed by atoms with Crippen molar-refractivity contribution in [2.24, 2.45) is 0 Å². The Morgan fingerprint density at radius 1 is 1.35 bits per heavy atom. The van der Waals surface area contributed by atoms with Crippen LogP contribution in [0.1, 0.15) is 18.4 Å². The molecule has 0 saturated carbocycles. The van der Waals surface area contributed by atoms with Gasteiger partial charge in [-0.2, -0.15) is 11.8 Å². The highest BCUT2D eigenvalue weighted by molar-refractivity contribution is 7.99. The number of hydrogen-bond acceptors (Lipinski definition) is 3. The van der Waals surface area contributed by atoms with E-state index in [9.17, 15) is 0 Å². The summed E-state index contributed by atoms with van der Waals surface area (Å²) in [4.78, 5) is 0. The van der Waals surface area contributed by atoms with Crippen molar-refractivity contribution in [3.8, 4) is 5.75 Å². The van der Waals surface area contributed by atoms with Crippen LogP contribution < -0.4 is 10.1 Å². The van der Waals surface area contributed by atoms with Crippen LogP contribution in [0.3, 0.4) is 0 Å². The molecule has 2 rings (SSSR count). The van der Waals surface area contributed by atoms with Gasteiger partial charge in [0.2, 0.25) is 0 Å². The summed E-state index contributed by atoms with van der Waals surface area (Å²) in [6.07, 6.45) is 3.87. The van der Waals surface area contributed by atoms with Crippen LogP contribution in [0.25, 0.3) is 0 Å². The van der Waals surface area contributed by atoms with Crippen molar-refractivity contribution in [2.45, 2.75) is 24.5 Å². The minimum absolute atomic E-state index is 0.821. The van der Waals surface area contributed by atoms with Crippen molar-refractivity contribution < 1.29 is 4.74 Å². The molecule has 1 heterocycles. The first kappa shape index (κ1) is 12.8. The molecule has 1 atom stereocenters. The Labute approximate surface area is 108 Å². The minimum atomic E-state index is 0.821. The molecule has 1 aromatic carbocycles. The molecule has 17 heavy (non-hydrogen) atoms. The average Bonchev–Trinajstić information content (AvgIpc) is 2.41. The number of piperidine rings is 1. The second kappa shape index (κ2) is 6.92. The third-order valence-electron chi connectivity index (χ3n) is 3.16. The largest absolute Gasteiger partial charge is 0.497 e. The lowest BCUT2D eigenvalue weighted by molar-refractivity contribution is 0.414. The first-order valence-corrected chi connectivity index (χ1v) is 7.38. The van der Waals surface area contributed by atoms with Crippen LogP contribution in [0.4, 0.5) is 0 Å². The normalized spacial score (nSPS) is 20.2. The monoisotopic (exact) mass is 251 g/mol. The SMILES string of the molecule is COc1ccc(CCSC2CCCNC2)cc1. The molecule has 0 amide bonds. The number of aryl methyl sites for hydroxylation is 1. The molecule has 1 saturated heterocycles. The molecule has 0 radical (unpaired) electrons. The number of rotatable bonds is 5. The third kappa shape index (κ3) is 4.25. The Morgan fingerprint density at radius 3 is 2.82 bits per heavy atom. The lowest BCUT2D eigenvalue weighted by Gasteiger charge is -2.22. The molecule has 1 aliphatic rings. The van der Waals surface area contributed by atoms with Gasteiger partial charge in [-0.15, -0.1) is 0 Å². The molecule has 1 fully saturated rings. The zero-order valence-corrected chi connectivity index (χ0v) is 11.3. The van der Waals surface area contributed by atoms with E-state index in [0.717, 1.165) is 17.4 Å². The van der Waals surface area contributed by atoms with Crippen molar-refractivity contribution >= 4 is 11.8 Å². The summed E-state index contributed by atoms with van der Waals surface area (Å²) >= 11 is 2.11. The van der Waals surface area contributed by atoms with E-state index in [-0.39, 0.29) is 0 Å². The highest BCUT2D eigenvalue weighted by atomic mass is 32.2. The fraction of sp³-hybridized carbons (Fsp3) is 0.571. The molecule has 1 unspecified atom stereocenters. The van der Waals surface area contributed by atoms with Crippen LogP contribution in [0.5, 0.6) is 5.75 Å². The van der Waals surface area contributed by atoms with E-state index in [4.69, 9.17) is 4.74 Å². The topological polar surface area (TPSA) is 21.3 Å². The third-order valence-corrected chi connectivity index (χ3v) is 4.47. The molecule has 0 aliphatic carbocycles. The lowest BCUT2D eigenvalue weighted by atomic mass is 10.2. The van der Waals surface area contributed by atoms with Gasteiger partial charge < -0.3 is 10.1 Å². The second-order valence-electron chi connectivity index (χ2n) is 4.44. The lowest BCUT2D eigenvalue weighted by Crippen LogP contribution is -2.31. The number of hydrogen-bond donors (Lipinski definition) is 1. The minimum Gasteiger partial charge on any atom is -0.497 e. The summed E-state index contributed by atoms with van der Waals surface area (Å²) in [7, 11) is 1.71. The van der Waals surface area contributed by atoms with E-state index in [2.05, 4.69) is 29.2 Å². The van der Waals surface area contributed by atoms with Crippen LogP contribution >= 0.6 is 11.8 Å². The van der Waals surface area contributed by atoms with Crippen molar-refractivity contribution in [3.63, 3.8) is 0 Å². The average molecular weight is 251 g/mol. The van der Waals surface area contributed by atoms with Gasteiger partial charge in [-0.3, -0.25) is 0 Å². The highest BCUT2D eigenvalue weighted by Gasteiger charge is 2.12. The highest BCUT2D eigenvalue weighted by Crippen LogP contribution is 2.20. The summed E-state index contributed by atoms with van der Waals surface area (Å²) in [6, 6.07) is 8.42. The first-order chi connectivity index (χ1) is 8.38. The molecular formula is C14H21NOS. The Balaban J connectivity index is 1.69. The van der Waals surface area contributed by atoms with Crippen molar-refractivity contribution in [1.82, 2.24) is 5.32 Å². The van der Waals surface area contributed by atoms with Gasteiger partial charge in [-0.1, -0.05) is 12.1 Å². The smallest absolute Gasteiger partial charge is 0.118 e. The van der Waals surface area contributed by atoms with Gasteiger partial charge in [0.1, 0.15) is 5.75 Å². The molecule has 2 nitrogen and oxygen atoms in total. The predicted octanol–water partition coefficient (Wildman–Crippen LogP) is 2.72. The maximum Gasteiger partial charge on any atom is 0.118 e. The Hall–Kier alpha value is -0.670. The van der Waals surface area contributed by atoms with Gasteiger partial charge in [0.05, 0.1) is 7.11 Å². The van der Waals surface area contributed by atoms with Crippen LogP contribution in [-0.4, -0.2) is 31.2 Å². The van der Waals surface area contributed by atoms with Crippen LogP contribution in [-0.2, 0) is 6.42 Å². The van der Waals surface area contributed by atoms with Gasteiger partial charge in [0, 0.05) is 11.8 Å². The Kier molecular flexibility index (Phi) is 5.20. The Morgan fingerprint density at radius 2 is 2.18 bits per heavy atom. The van der Waals surface area contributed by atoms with Crippen molar-refractivity contribution in [3.05, 3.63) is 29.8 Å². The van der Waals surface area contributed by atoms with E-state index in [1.807, 2.05) is 12.1 Å². The van der Waals surface area contributed by atoms with Gasteiger partial charge in [-0.25, -0.2) is 0 Å². The number of benzene rings is 1. The standard InChI is InChI=1S/C14H21NOS/c1-16-13-6-4-12(5-7-13)8-10-17-14-3-2-9-15-11-14/h4-7,14-15H,2-3,8-11H2,1H3. The zero-order valence-electron chi connectivity index (χ0n) is 10.4. The van der Waals surface area contributed by atoms with Crippen LogP contribution in [0.15, 0.2) is 24.3 Å². The van der Waals surface area contributed by atoms with E-state index < -0.39 is 0 Å². The number of ether oxygens (including phenoxy) is 1. The van der Waals surface area contributed by atoms with Crippen molar-refractivity contribution in [1.29, 1.82) is 0 Å². The van der Waals surface area contributed by atoms with E-state index in [1.54, 1.807) is 7.11 Å². The zero-order chi connectivity index (χ0) is 11.9. The molecular weight excluding hydrogens is 230 g/mol. The molecule has 1 aromatic rings. The number of methoxy groups -OCH3 is 1. The summed E-state index contributed by atoms with van der Waals surface area (Å²) < 4.78 is 5.16. The summed E-state index contributed by atoms with van der Waals surface area (Å²) in [5.74, 6) is 2.16. The molecule has 0 spiro atoms. The summed E-state index contributed by atoms with van der Waals surface area (Å²) in [5, 5.41) is 4.28. The quantitative estimate of drug-likeness (QED) is 0.869. The van der Waals surface area contributed by atoms with Crippen molar-refractivity contribution in [2.75, 3.05) is 26.0 Å². The summed E-state index contributed by atoms with van der Waals surface area (Å²) in [6.45, 7) is 2.39. The fourth-order valence-electron chi connectivity index (χ4n) is 2.10. The number of nitrogens with one attached hydrogen (secondary N) is 1. The molecule has 0 bridgehead atoms. The molecule has 94 valence electrons. The van der Waals surface area contributed by atoms with Crippen LogP contribution in [0, 0.1) is 0 Å². The Bertz CT molecular complexity index is 319. The molecule has 0 aromatic heterocycles. The van der Waals surface area contributed by atoms with Gasteiger partial charge >= 0.3 is 0 Å². The van der Waals surface area contributed by atoms with Gasteiger partial charge in [0.25, 0.3) is 0 Å². The van der Waals surface area contributed by atoms with E-state index in [1.165, 1.54) is 37.2 Å².